The summed E-state index contributed by atoms with van der Waals surface area (Å²) >= 11 is 3.75. The quantitative estimate of drug-likeness (QED) is 0.920. The fourth-order valence-electron chi connectivity index (χ4n) is 3.66. The van der Waals surface area contributed by atoms with Gasteiger partial charge in [0.05, 0.1) is 5.69 Å². The van der Waals surface area contributed by atoms with Crippen LogP contribution in [0.3, 0.4) is 0 Å². The van der Waals surface area contributed by atoms with Crippen molar-refractivity contribution in [2.45, 2.75) is 37.8 Å². The molecule has 20 heavy (non-hydrogen) atoms. The monoisotopic (exact) mass is 337 g/mol. The van der Waals surface area contributed by atoms with Crippen LogP contribution in [0.15, 0.2) is 22.7 Å². The molecule has 2 saturated heterocycles. The summed E-state index contributed by atoms with van der Waals surface area (Å²) in [6.07, 6.45) is 4.96. The molecule has 0 aromatic heterocycles. The summed E-state index contributed by atoms with van der Waals surface area (Å²) in [6.45, 7) is 3.03. The van der Waals surface area contributed by atoms with Crippen LogP contribution in [0, 0.1) is 0 Å². The van der Waals surface area contributed by atoms with E-state index in [0.29, 0.717) is 6.54 Å². The number of rotatable bonds is 3. The third-order valence-corrected chi connectivity index (χ3v) is 5.57. The van der Waals surface area contributed by atoms with E-state index in [2.05, 4.69) is 51.0 Å². The summed E-state index contributed by atoms with van der Waals surface area (Å²) < 4.78 is 1.21. The molecule has 2 aliphatic heterocycles. The Hall–Kier alpha value is -0.580. The molecule has 110 valence electrons. The summed E-state index contributed by atoms with van der Waals surface area (Å²) in [5.74, 6) is 0. The van der Waals surface area contributed by atoms with Gasteiger partial charge in [-0.15, -0.1) is 0 Å². The van der Waals surface area contributed by atoms with Gasteiger partial charge < -0.3 is 10.6 Å². The van der Waals surface area contributed by atoms with Crippen molar-refractivity contribution in [3.8, 4) is 0 Å². The predicted octanol–water partition coefficient (Wildman–Crippen LogP) is 2.62. The summed E-state index contributed by atoms with van der Waals surface area (Å²) in [5.41, 5.74) is 8.29. The van der Waals surface area contributed by atoms with Gasteiger partial charge in [0.15, 0.2) is 0 Å². The molecule has 0 radical (unpaired) electrons. The molecule has 2 heterocycles. The first kappa shape index (κ1) is 14.4. The Morgan fingerprint density at radius 2 is 2.05 bits per heavy atom. The van der Waals surface area contributed by atoms with E-state index in [1.54, 1.807) is 0 Å². The molecule has 2 N–H and O–H groups in total. The molecule has 1 aromatic rings. The molecule has 2 aliphatic rings. The van der Waals surface area contributed by atoms with Crippen molar-refractivity contribution < 1.29 is 0 Å². The summed E-state index contributed by atoms with van der Waals surface area (Å²) in [4.78, 5) is 5.15. The Balaban J connectivity index is 1.79. The Bertz CT molecular complexity index is 477. The maximum Gasteiger partial charge on any atom is 0.0511 e. The number of anilines is 1. The lowest BCUT2D eigenvalue weighted by atomic mass is 10.1. The highest BCUT2D eigenvalue weighted by Gasteiger charge is 2.34. The molecule has 0 amide bonds. The lowest BCUT2D eigenvalue weighted by Gasteiger charge is -2.28. The van der Waals surface area contributed by atoms with Gasteiger partial charge in [-0.3, -0.25) is 4.90 Å². The average molecular weight is 338 g/mol. The number of hydrogen-bond acceptors (Lipinski definition) is 3. The Labute approximate surface area is 130 Å². The van der Waals surface area contributed by atoms with Crippen LogP contribution < -0.4 is 10.6 Å². The maximum atomic E-state index is 5.64. The van der Waals surface area contributed by atoms with Crippen LogP contribution in [0.25, 0.3) is 0 Å². The fourth-order valence-corrected chi connectivity index (χ4v) is 4.33. The minimum Gasteiger partial charge on any atom is -0.369 e. The zero-order valence-electron chi connectivity index (χ0n) is 12.2. The predicted molar refractivity (Wildman–Crippen MR) is 88.3 cm³/mol. The number of benzene rings is 1. The number of halogens is 1. The maximum absolute atomic E-state index is 5.64. The van der Waals surface area contributed by atoms with E-state index in [1.165, 1.54) is 41.5 Å². The van der Waals surface area contributed by atoms with E-state index in [-0.39, 0.29) is 0 Å². The Morgan fingerprint density at radius 3 is 2.80 bits per heavy atom. The van der Waals surface area contributed by atoms with Crippen molar-refractivity contribution in [1.29, 1.82) is 0 Å². The number of hydrogen-bond donors (Lipinski definition) is 1. The largest absolute Gasteiger partial charge is 0.369 e. The smallest absolute Gasteiger partial charge is 0.0511 e. The van der Waals surface area contributed by atoms with E-state index < -0.39 is 0 Å². The topological polar surface area (TPSA) is 32.5 Å². The van der Waals surface area contributed by atoms with Gasteiger partial charge in [0.1, 0.15) is 0 Å². The first-order valence-corrected chi connectivity index (χ1v) is 8.43. The number of likely N-dealkylation sites (N-methyl/N-ethyl adjacent to an activating group) is 1. The van der Waals surface area contributed by atoms with Crippen LogP contribution in [-0.4, -0.2) is 43.7 Å². The standard InChI is InChI=1S/C16H24BrN3/c1-19-13-3-4-14(19)11-20(9-7-13)16-5-2-12(6-8-18)10-15(16)17/h2,5,10,13-14H,3-4,6-9,11,18H2,1H3. The minimum absolute atomic E-state index is 0.712. The van der Waals surface area contributed by atoms with Crippen molar-refractivity contribution in [3.05, 3.63) is 28.2 Å². The van der Waals surface area contributed by atoms with E-state index in [0.717, 1.165) is 25.0 Å². The molecule has 3 rings (SSSR count). The van der Waals surface area contributed by atoms with Crippen LogP contribution in [0.2, 0.25) is 0 Å². The number of nitrogens with two attached hydrogens (primary N) is 1. The molecule has 2 atom stereocenters. The van der Waals surface area contributed by atoms with Crippen LogP contribution in [0.1, 0.15) is 24.8 Å². The van der Waals surface area contributed by atoms with Gasteiger partial charge in [-0.2, -0.15) is 0 Å². The number of nitrogens with zero attached hydrogens (tertiary/aromatic N) is 2. The van der Waals surface area contributed by atoms with E-state index >= 15 is 0 Å². The SMILES string of the molecule is CN1C2CCC1CN(c1ccc(CCN)cc1Br)CC2. The molecule has 3 nitrogen and oxygen atoms in total. The van der Waals surface area contributed by atoms with Crippen LogP contribution in [0.4, 0.5) is 5.69 Å². The third-order valence-electron chi connectivity index (χ3n) is 4.93. The Morgan fingerprint density at radius 1 is 1.25 bits per heavy atom. The average Bonchev–Trinajstić information content (AvgIpc) is 2.65. The van der Waals surface area contributed by atoms with Gasteiger partial charge in [0, 0.05) is 29.6 Å². The Kier molecular flexibility index (Phi) is 4.34. The van der Waals surface area contributed by atoms with Crippen molar-refractivity contribution in [1.82, 2.24) is 4.90 Å². The molecular formula is C16H24BrN3. The summed E-state index contributed by atoms with van der Waals surface area (Å²) in [6, 6.07) is 8.22. The minimum atomic E-state index is 0.712. The van der Waals surface area contributed by atoms with Crippen molar-refractivity contribution in [2.75, 3.05) is 31.6 Å². The first-order valence-electron chi connectivity index (χ1n) is 7.64. The highest BCUT2D eigenvalue weighted by Crippen LogP contribution is 2.34. The van der Waals surface area contributed by atoms with Gasteiger partial charge >= 0.3 is 0 Å². The van der Waals surface area contributed by atoms with Gasteiger partial charge in [-0.1, -0.05) is 6.07 Å². The zero-order chi connectivity index (χ0) is 14.1. The lowest BCUT2D eigenvalue weighted by molar-refractivity contribution is 0.254. The van der Waals surface area contributed by atoms with Gasteiger partial charge in [0.25, 0.3) is 0 Å². The summed E-state index contributed by atoms with van der Waals surface area (Å²) in [7, 11) is 2.30. The molecule has 2 bridgehead atoms. The van der Waals surface area contributed by atoms with Gasteiger partial charge in [-0.05, 0) is 72.9 Å². The van der Waals surface area contributed by atoms with Crippen LogP contribution in [0.5, 0.6) is 0 Å². The molecule has 4 heteroatoms. The van der Waals surface area contributed by atoms with E-state index in [9.17, 15) is 0 Å². The van der Waals surface area contributed by atoms with Gasteiger partial charge in [-0.25, -0.2) is 0 Å². The van der Waals surface area contributed by atoms with Crippen LogP contribution >= 0.6 is 15.9 Å². The molecule has 0 saturated carbocycles. The third kappa shape index (κ3) is 2.74. The molecule has 1 aromatic carbocycles. The zero-order valence-corrected chi connectivity index (χ0v) is 13.8. The van der Waals surface area contributed by atoms with Crippen LogP contribution in [-0.2, 0) is 6.42 Å². The number of fused-ring (bicyclic) bond motifs is 2. The fraction of sp³-hybridized carbons (Fsp3) is 0.625. The van der Waals surface area contributed by atoms with Gasteiger partial charge in [0.2, 0.25) is 0 Å². The van der Waals surface area contributed by atoms with Crippen molar-refractivity contribution in [3.63, 3.8) is 0 Å². The lowest BCUT2D eigenvalue weighted by Crippen LogP contribution is -2.36. The molecule has 2 unspecified atom stereocenters. The molecule has 2 fully saturated rings. The second-order valence-corrected chi connectivity index (χ2v) is 6.96. The van der Waals surface area contributed by atoms with Crippen molar-refractivity contribution in [2.24, 2.45) is 5.73 Å². The molecule has 0 aliphatic carbocycles. The van der Waals surface area contributed by atoms with Crippen molar-refractivity contribution >= 4 is 21.6 Å². The highest BCUT2D eigenvalue weighted by atomic mass is 79.9. The molecular weight excluding hydrogens is 314 g/mol. The first-order chi connectivity index (χ1) is 9.69. The van der Waals surface area contributed by atoms with E-state index in [1.807, 2.05) is 0 Å². The summed E-state index contributed by atoms with van der Waals surface area (Å²) in [5, 5.41) is 0. The second kappa shape index (κ2) is 6.04. The van der Waals surface area contributed by atoms with E-state index in [4.69, 9.17) is 5.73 Å². The second-order valence-electron chi connectivity index (χ2n) is 6.11. The highest BCUT2D eigenvalue weighted by molar-refractivity contribution is 9.10. The normalized spacial score (nSPS) is 26.9. The molecule has 0 spiro atoms.